The van der Waals surface area contributed by atoms with E-state index in [9.17, 15) is 13.2 Å². The van der Waals surface area contributed by atoms with E-state index in [0.717, 1.165) is 6.42 Å². The molecule has 1 aliphatic heterocycles. The highest BCUT2D eigenvalue weighted by atomic mass is 32.2. The molecule has 150 valence electrons. The van der Waals surface area contributed by atoms with E-state index in [1.165, 1.54) is 12.1 Å². The third-order valence-corrected chi connectivity index (χ3v) is 6.50. The van der Waals surface area contributed by atoms with E-state index < -0.39 is 16.1 Å². The number of hydrogen-bond donors (Lipinski definition) is 1. The van der Waals surface area contributed by atoms with Crippen LogP contribution in [0.5, 0.6) is 0 Å². The molecule has 1 saturated heterocycles. The number of carbonyl (C=O) groups is 1. The van der Waals surface area contributed by atoms with Crippen molar-refractivity contribution in [2.24, 2.45) is 11.8 Å². The summed E-state index contributed by atoms with van der Waals surface area (Å²) in [4.78, 5) is 12.4. The highest BCUT2D eigenvalue weighted by Gasteiger charge is 2.31. The molecule has 3 atom stereocenters. The number of amides is 1. The van der Waals surface area contributed by atoms with Crippen molar-refractivity contribution in [3.05, 3.63) is 36.9 Å². The van der Waals surface area contributed by atoms with Gasteiger partial charge in [0.2, 0.25) is 10.0 Å². The summed E-state index contributed by atoms with van der Waals surface area (Å²) >= 11 is 0. The fourth-order valence-corrected chi connectivity index (χ4v) is 4.99. The average Bonchev–Trinajstić information content (AvgIpc) is 2.61. The smallest absolute Gasteiger partial charge is 0.253 e. The minimum absolute atomic E-state index is 0.247. The molecule has 7 heteroatoms. The lowest BCUT2D eigenvalue weighted by molar-refractivity contribution is -0.126. The zero-order valence-corrected chi connectivity index (χ0v) is 17.2. The molecule has 0 bridgehead atoms. The largest absolute Gasteiger partial charge is 0.368 e. The van der Waals surface area contributed by atoms with Gasteiger partial charge in [-0.05, 0) is 55.9 Å². The average molecular weight is 395 g/mol. The second kappa shape index (κ2) is 9.48. The molecule has 1 fully saturated rings. The summed E-state index contributed by atoms with van der Waals surface area (Å²) < 4.78 is 32.7. The minimum atomic E-state index is -3.52. The molecule has 1 amide bonds. The molecule has 0 aromatic heterocycles. The summed E-state index contributed by atoms with van der Waals surface area (Å²) in [6, 6.07) is 6.30. The zero-order chi connectivity index (χ0) is 20.0. The Morgan fingerprint density at radius 1 is 1.30 bits per heavy atom. The van der Waals surface area contributed by atoms with Crippen molar-refractivity contribution < 1.29 is 17.9 Å². The summed E-state index contributed by atoms with van der Waals surface area (Å²) in [5, 5.41) is 2.74. The van der Waals surface area contributed by atoms with Gasteiger partial charge in [0.15, 0.2) is 0 Å². The van der Waals surface area contributed by atoms with E-state index in [-0.39, 0.29) is 10.8 Å². The Bertz CT molecular complexity index is 736. The van der Waals surface area contributed by atoms with E-state index in [1.807, 2.05) is 0 Å². The van der Waals surface area contributed by atoms with Crippen LogP contribution < -0.4 is 5.32 Å². The number of carbonyl (C=O) groups excluding carboxylic acids is 1. The van der Waals surface area contributed by atoms with Gasteiger partial charge in [0, 0.05) is 18.8 Å². The van der Waals surface area contributed by atoms with Gasteiger partial charge in [-0.2, -0.15) is 4.31 Å². The third kappa shape index (κ3) is 5.89. The second-order valence-corrected chi connectivity index (χ2v) is 9.31. The van der Waals surface area contributed by atoms with Crippen LogP contribution in [-0.2, 0) is 19.6 Å². The van der Waals surface area contributed by atoms with Gasteiger partial charge >= 0.3 is 0 Å². The summed E-state index contributed by atoms with van der Waals surface area (Å²) in [6.07, 6.45) is 2.86. The van der Waals surface area contributed by atoms with Crippen molar-refractivity contribution in [2.45, 2.75) is 44.6 Å². The van der Waals surface area contributed by atoms with Gasteiger partial charge in [-0.3, -0.25) is 4.79 Å². The SMILES string of the molecule is C=CCCOC(C)C(=O)Nc1ccc(S(=O)(=O)N2CC(C)CC(C)C2)cc1. The lowest BCUT2D eigenvalue weighted by Gasteiger charge is -2.34. The third-order valence-electron chi connectivity index (χ3n) is 4.65. The first-order valence-electron chi connectivity index (χ1n) is 9.37. The van der Waals surface area contributed by atoms with Gasteiger partial charge in [0.25, 0.3) is 5.91 Å². The first kappa shape index (κ1) is 21.6. The minimum Gasteiger partial charge on any atom is -0.368 e. The maximum absolute atomic E-state index is 12.9. The highest BCUT2D eigenvalue weighted by molar-refractivity contribution is 7.89. The Kier molecular flexibility index (Phi) is 7.59. The highest BCUT2D eigenvalue weighted by Crippen LogP contribution is 2.27. The summed E-state index contributed by atoms with van der Waals surface area (Å²) in [7, 11) is -3.52. The van der Waals surface area contributed by atoms with Gasteiger partial charge < -0.3 is 10.1 Å². The topological polar surface area (TPSA) is 75.7 Å². The van der Waals surface area contributed by atoms with Crippen LogP contribution in [0.2, 0.25) is 0 Å². The molecule has 27 heavy (non-hydrogen) atoms. The zero-order valence-electron chi connectivity index (χ0n) is 16.3. The van der Waals surface area contributed by atoms with Crippen LogP contribution in [0.4, 0.5) is 5.69 Å². The molecule has 1 aromatic rings. The first-order valence-corrected chi connectivity index (χ1v) is 10.8. The van der Waals surface area contributed by atoms with E-state index in [1.54, 1.807) is 29.4 Å². The lowest BCUT2D eigenvalue weighted by atomic mass is 9.94. The molecular formula is C20H30N2O4S. The number of nitrogens with one attached hydrogen (secondary N) is 1. The fraction of sp³-hybridized carbons (Fsp3) is 0.550. The lowest BCUT2D eigenvalue weighted by Crippen LogP contribution is -2.42. The van der Waals surface area contributed by atoms with Gasteiger partial charge in [-0.15, -0.1) is 6.58 Å². The van der Waals surface area contributed by atoms with Crippen LogP contribution in [0.25, 0.3) is 0 Å². The monoisotopic (exact) mass is 394 g/mol. The Balaban J connectivity index is 2.01. The molecule has 0 saturated carbocycles. The number of sulfonamides is 1. The molecule has 0 aliphatic carbocycles. The van der Waals surface area contributed by atoms with Crippen molar-refractivity contribution in [2.75, 3.05) is 25.0 Å². The molecule has 1 aromatic carbocycles. The van der Waals surface area contributed by atoms with Gasteiger partial charge in [-0.25, -0.2) is 8.42 Å². The normalized spacial score (nSPS) is 22.2. The Morgan fingerprint density at radius 2 is 1.89 bits per heavy atom. The first-order chi connectivity index (χ1) is 12.7. The van der Waals surface area contributed by atoms with Crippen LogP contribution >= 0.6 is 0 Å². The molecule has 3 unspecified atom stereocenters. The molecule has 0 radical (unpaired) electrons. The molecule has 1 aliphatic rings. The number of nitrogens with zero attached hydrogens (tertiary/aromatic N) is 1. The predicted molar refractivity (Wildman–Crippen MR) is 107 cm³/mol. The Morgan fingerprint density at radius 3 is 2.44 bits per heavy atom. The summed E-state index contributed by atoms with van der Waals surface area (Å²) in [5.74, 6) is 0.433. The number of anilines is 1. The maximum Gasteiger partial charge on any atom is 0.253 e. The standard InChI is InChI=1S/C20H30N2O4S/c1-5-6-11-26-17(4)20(23)21-18-7-9-19(10-8-18)27(24,25)22-13-15(2)12-16(3)14-22/h5,7-10,15-17H,1,6,11-14H2,2-4H3,(H,21,23). The van der Waals surface area contributed by atoms with Gasteiger partial charge in [0.05, 0.1) is 11.5 Å². The second-order valence-electron chi connectivity index (χ2n) is 7.37. The maximum atomic E-state index is 12.9. The van der Waals surface area contributed by atoms with E-state index in [4.69, 9.17) is 4.74 Å². The molecule has 1 N–H and O–H groups in total. The number of ether oxygens (including phenoxy) is 1. The van der Waals surface area contributed by atoms with Crippen LogP contribution in [0.3, 0.4) is 0 Å². The van der Waals surface area contributed by atoms with Crippen molar-refractivity contribution in [3.8, 4) is 0 Å². The van der Waals surface area contributed by atoms with Crippen LogP contribution in [-0.4, -0.2) is 44.4 Å². The summed E-state index contributed by atoms with van der Waals surface area (Å²) in [6.45, 7) is 11.0. The van der Waals surface area contributed by atoms with Crippen molar-refractivity contribution in [1.82, 2.24) is 4.31 Å². The van der Waals surface area contributed by atoms with Crippen LogP contribution in [0, 0.1) is 11.8 Å². The quantitative estimate of drug-likeness (QED) is 0.542. The number of rotatable bonds is 8. The number of piperidine rings is 1. The van der Waals surface area contributed by atoms with E-state index in [0.29, 0.717) is 43.6 Å². The number of hydrogen-bond acceptors (Lipinski definition) is 4. The summed E-state index contributed by atoms with van der Waals surface area (Å²) in [5.41, 5.74) is 0.540. The Labute approximate surface area is 162 Å². The van der Waals surface area contributed by atoms with E-state index >= 15 is 0 Å². The predicted octanol–water partition coefficient (Wildman–Crippen LogP) is 3.27. The van der Waals surface area contributed by atoms with Crippen molar-refractivity contribution >= 4 is 21.6 Å². The van der Waals surface area contributed by atoms with Gasteiger partial charge in [-0.1, -0.05) is 19.9 Å². The van der Waals surface area contributed by atoms with Crippen molar-refractivity contribution in [1.29, 1.82) is 0 Å². The van der Waals surface area contributed by atoms with Gasteiger partial charge in [0.1, 0.15) is 6.10 Å². The molecular weight excluding hydrogens is 364 g/mol. The molecule has 2 rings (SSSR count). The van der Waals surface area contributed by atoms with Crippen LogP contribution in [0.1, 0.15) is 33.6 Å². The van der Waals surface area contributed by atoms with Crippen LogP contribution in [0.15, 0.2) is 41.8 Å². The molecule has 0 spiro atoms. The van der Waals surface area contributed by atoms with E-state index in [2.05, 4.69) is 25.7 Å². The fourth-order valence-electron chi connectivity index (χ4n) is 3.31. The number of benzene rings is 1. The Hall–Kier alpha value is -1.70. The molecule has 1 heterocycles. The molecule has 6 nitrogen and oxygen atoms in total. The van der Waals surface area contributed by atoms with Crippen molar-refractivity contribution in [3.63, 3.8) is 0 Å².